The van der Waals surface area contributed by atoms with E-state index in [1.54, 1.807) is 18.6 Å². The number of nitrogen functional groups attached to an aromatic ring is 1. The van der Waals surface area contributed by atoms with Crippen molar-refractivity contribution in [3.05, 3.63) is 29.7 Å². The first-order chi connectivity index (χ1) is 13.0. The van der Waals surface area contributed by atoms with Gasteiger partial charge in [0.1, 0.15) is 16.7 Å². The van der Waals surface area contributed by atoms with E-state index in [4.69, 9.17) is 23.1 Å². The maximum absolute atomic E-state index is 9.95. The van der Waals surface area contributed by atoms with Gasteiger partial charge in [-0.05, 0) is 37.2 Å². The van der Waals surface area contributed by atoms with E-state index in [0.717, 1.165) is 48.1 Å². The Morgan fingerprint density at radius 2 is 2.00 bits per heavy atom. The van der Waals surface area contributed by atoms with Crippen molar-refractivity contribution in [1.82, 2.24) is 15.0 Å². The number of piperidine rings is 1. The molecule has 1 spiro atoms. The van der Waals surface area contributed by atoms with E-state index < -0.39 is 0 Å². The number of anilines is 2. The van der Waals surface area contributed by atoms with Crippen molar-refractivity contribution in [2.75, 3.05) is 23.7 Å². The van der Waals surface area contributed by atoms with E-state index >= 15 is 0 Å². The molecule has 1 aliphatic carbocycles. The fourth-order valence-electron chi connectivity index (χ4n) is 4.16. The molecular formula is C18H23ClN6OS. The van der Waals surface area contributed by atoms with Gasteiger partial charge in [0.25, 0.3) is 0 Å². The van der Waals surface area contributed by atoms with Crippen molar-refractivity contribution in [2.45, 2.75) is 47.8 Å². The minimum Gasteiger partial charge on any atom is -0.393 e. The summed E-state index contributed by atoms with van der Waals surface area (Å²) in [5, 5.41) is 11.1. The third kappa shape index (κ3) is 3.71. The van der Waals surface area contributed by atoms with Gasteiger partial charge in [-0.15, -0.1) is 0 Å². The van der Waals surface area contributed by atoms with Crippen LogP contribution in [0.1, 0.15) is 25.7 Å². The highest BCUT2D eigenvalue weighted by molar-refractivity contribution is 7.99. The molecule has 0 amide bonds. The summed E-state index contributed by atoms with van der Waals surface area (Å²) in [6.07, 6.45) is 8.42. The predicted molar refractivity (Wildman–Crippen MR) is 107 cm³/mol. The number of pyridine rings is 1. The third-order valence-corrected chi connectivity index (χ3v) is 7.24. The number of halogens is 1. The second-order valence-corrected chi connectivity index (χ2v) is 8.81. The molecule has 27 heavy (non-hydrogen) atoms. The Hall–Kier alpha value is -1.61. The first-order valence-corrected chi connectivity index (χ1v) is 10.2. The zero-order valence-corrected chi connectivity index (χ0v) is 16.5. The average molecular weight is 407 g/mol. The van der Waals surface area contributed by atoms with Crippen molar-refractivity contribution >= 4 is 35.0 Å². The van der Waals surface area contributed by atoms with Gasteiger partial charge in [-0.3, -0.25) is 0 Å². The van der Waals surface area contributed by atoms with Crippen LogP contribution in [0.4, 0.5) is 11.6 Å². The molecule has 1 saturated heterocycles. The van der Waals surface area contributed by atoms with Crippen LogP contribution in [0, 0.1) is 5.41 Å². The van der Waals surface area contributed by atoms with Crippen molar-refractivity contribution in [1.29, 1.82) is 0 Å². The maximum atomic E-state index is 9.95. The van der Waals surface area contributed by atoms with E-state index in [9.17, 15) is 5.11 Å². The highest BCUT2D eigenvalue weighted by Gasteiger charge is 2.46. The highest BCUT2D eigenvalue weighted by atomic mass is 35.5. The summed E-state index contributed by atoms with van der Waals surface area (Å²) >= 11 is 7.60. The van der Waals surface area contributed by atoms with Gasteiger partial charge in [-0.25, -0.2) is 15.0 Å². The zero-order valence-electron chi connectivity index (χ0n) is 14.9. The summed E-state index contributed by atoms with van der Waals surface area (Å²) in [4.78, 5) is 16.1. The molecule has 2 aliphatic rings. The molecule has 0 unspecified atom stereocenters. The number of aromatic nitrogens is 3. The molecule has 1 saturated carbocycles. The Kier molecular flexibility index (Phi) is 5.15. The minimum atomic E-state index is -0.253. The average Bonchev–Trinajstić information content (AvgIpc) is 2.93. The lowest BCUT2D eigenvalue weighted by Crippen LogP contribution is -2.47. The largest absolute Gasteiger partial charge is 0.393 e. The Bertz CT molecular complexity index is 812. The van der Waals surface area contributed by atoms with Gasteiger partial charge < -0.3 is 21.5 Å². The highest BCUT2D eigenvalue weighted by Crippen LogP contribution is 2.46. The number of nitrogens with two attached hydrogens (primary N) is 2. The minimum absolute atomic E-state index is 0.0805. The molecule has 5 N–H and O–H groups in total. The first-order valence-electron chi connectivity index (χ1n) is 9.05. The monoisotopic (exact) mass is 406 g/mol. The van der Waals surface area contributed by atoms with Crippen LogP contribution in [-0.4, -0.2) is 45.3 Å². The Morgan fingerprint density at radius 3 is 2.63 bits per heavy atom. The quantitative estimate of drug-likeness (QED) is 0.711. The summed E-state index contributed by atoms with van der Waals surface area (Å²) < 4.78 is 0. The second-order valence-electron chi connectivity index (χ2n) is 7.37. The van der Waals surface area contributed by atoms with Gasteiger partial charge in [0.2, 0.25) is 0 Å². The number of hydrogen-bond donors (Lipinski definition) is 3. The summed E-state index contributed by atoms with van der Waals surface area (Å²) in [7, 11) is 0. The van der Waals surface area contributed by atoms with Gasteiger partial charge in [0.05, 0.1) is 23.5 Å². The van der Waals surface area contributed by atoms with Crippen molar-refractivity contribution in [3.63, 3.8) is 0 Å². The summed E-state index contributed by atoms with van der Waals surface area (Å²) in [6, 6.07) is 1.90. The zero-order chi connectivity index (χ0) is 19.0. The summed E-state index contributed by atoms with van der Waals surface area (Å²) in [5.74, 6) is 1.17. The molecule has 7 nitrogen and oxygen atoms in total. The van der Waals surface area contributed by atoms with Crippen molar-refractivity contribution in [3.8, 4) is 0 Å². The molecule has 0 radical (unpaired) electrons. The van der Waals surface area contributed by atoms with Gasteiger partial charge in [-0.2, -0.15) is 0 Å². The molecule has 2 atom stereocenters. The molecule has 0 bridgehead atoms. The van der Waals surface area contributed by atoms with Crippen LogP contribution in [-0.2, 0) is 0 Å². The standard InChI is InChI=1S/C18H23ClN6OS/c19-16-12(1-4-22-17(16)21)27-15-10-23-14(9-24-15)25-5-2-18(3-6-25)8-11(26)7-13(18)20/h1,4,9-11,13,26H,2-3,5-8,20H2,(H2,21,22)/t11-,13+/m0/s1. The van der Waals surface area contributed by atoms with Crippen LogP contribution in [0.5, 0.6) is 0 Å². The molecule has 0 aromatic carbocycles. The van der Waals surface area contributed by atoms with Gasteiger partial charge >= 0.3 is 0 Å². The van der Waals surface area contributed by atoms with E-state index in [0.29, 0.717) is 17.3 Å². The summed E-state index contributed by atoms with van der Waals surface area (Å²) in [5.41, 5.74) is 12.1. The predicted octanol–water partition coefficient (Wildman–Crippen LogP) is 2.33. The number of aliphatic hydroxyl groups excluding tert-OH is 1. The molecule has 9 heteroatoms. The molecule has 144 valence electrons. The first kappa shape index (κ1) is 18.7. The van der Waals surface area contributed by atoms with E-state index in [1.165, 1.54) is 11.8 Å². The fourth-order valence-corrected chi connectivity index (χ4v) is 5.15. The van der Waals surface area contributed by atoms with Crippen LogP contribution >= 0.6 is 23.4 Å². The molecule has 1 aliphatic heterocycles. The lowest BCUT2D eigenvalue weighted by Gasteiger charge is -2.42. The molecule has 2 fully saturated rings. The Balaban J connectivity index is 1.41. The molecule has 4 rings (SSSR count). The van der Waals surface area contributed by atoms with Crippen LogP contribution in [0.25, 0.3) is 0 Å². The molecule has 3 heterocycles. The summed E-state index contributed by atoms with van der Waals surface area (Å²) in [6.45, 7) is 1.77. The third-order valence-electron chi connectivity index (χ3n) is 5.75. The van der Waals surface area contributed by atoms with Crippen molar-refractivity contribution in [2.24, 2.45) is 11.1 Å². The Labute approximate surface area is 167 Å². The van der Waals surface area contributed by atoms with Crippen LogP contribution in [0.2, 0.25) is 5.02 Å². The van der Waals surface area contributed by atoms with Gasteiger partial charge in [-0.1, -0.05) is 23.4 Å². The van der Waals surface area contributed by atoms with Crippen LogP contribution < -0.4 is 16.4 Å². The molecule has 2 aromatic rings. The second kappa shape index (κ2) is 7.43. The Morgan fingerprint density at radius 1 is 1.22 bits per heavy atom. The number of rotatable bonds is 3. The van der Waals surface area contributed by atoms with Crippen LogP contribution in [0.15, 0.2) is 34.6 Å². The van der Waals surface area contributed by atoms with E-state index in [2.05, 4.69) is 19.9 Å². The topological polar surface area (TPSA) is 114 Å². The lowest BCUT2D eigenvalue weighted by atomic mass is 9.74. The smallest absolute Gasteiger partial charge is 0.147 e. The lowest BCUT2D eigenvalue weighted by molar-refractivity contribution is 0.141. The number of nitrogens with zero attached hydrogens (tertiary/aromatic N) is 4. The molecular weight excluding hydrogens is 384 g/mol. The fraction of sp³-hybridized carbons (Fsp3) is 0.500. The SMILES string of the molecule is Nc1nccc(Sc2cnc(N3CCC4(CC3)C[C@@H](O)C[C@H]4N)cn2)c1Cl. The number of hydrogen-bond acceptors (Lipinski definition) is 8. The van der Waals surface area contributed by atoms with Crippen LogP contribution in [0.3, 0.4) is 0 Å². The molecule has 2 aromatic heterocycles. The maximum Gasteiger partial charge on any atom is 0.147 e. The van der Waals surface area contributed by atoms with Gasteiger partial charge in [0.15, 0.2) is 0 Å². The van der Waals surface area contributed by atoms with Gasteiger partial charge in [0, 0.05) is 30.2 Å². The van der Waals surface area contributed by atoms with Crippen molar-refractivity contribution < 1.29 is 5.11 Å². The number of aliphatic hydroxyl groups is 1. The van der Waals surface area contributed by atoms with E-state index in [-0.39, 0.29) is 17.6 Å². The van der Waals surface area contributed by atoms with E-state index in [1.807, 2.05) is 6.07 Å². The normalized spacial score (nSPS) is 24.5.